The molecule has 1 aromatic heterocycles. The minimum Gasteiger partial charge on any atom is -0.394 e. The quantitative estimate of drug-likeness (QED) is 0.755. The van der Waals surface area contributed by atoms with Gasteiger partial charge in [0, 0.05) is 18.1 Å². The number of anilines is 2. The number of aliphatic hydroxyl groups is 1. The van der Waals surface area contributed by atoms with E-state index < -0.39 is 10.8 Å². The Morgan fingerprint density at radius 1 is 1.16 bits per heavy atom. The highest BCUT2D eigenvalue weighted by Gasteiger charge is 2.48. The van der Waals surface area contributed by atoms with Crippen LogP contribution >= 0.6 is 11.6 Å². The van der Waals surface area contributed by atoms with Gasteiger partial charge in [0.05, 0.1) is 29.1 Å². The smallest absolute Gasteiger partial charge is 0.227 e. The van der Waals surface area contributed by atoms with Gasteiger partial charge in [-0.1, -0.05) is 23.7 Å². The van der Waals surface area contributed by atoms with Gasteiger partial charge in [0.25, 0.3) is 0 Å². The summed E-state index contributed by atoms with van der Waals surface area (Å²) in [6.45, 7) is 2.03. The molecule has 3 heterocycles. The number of benzene rings is 1. The molecule has 4 aliphatic rings. The zero-order valence-corrected chi connectivity index (χ0v) is 19.0. The molecule has 1 aromatic carbocycles. The van der Waals surface area contributed by atoms with Crippen LogP contribution in [-0.2, 0) is 10.8 Å². The number of hydrogen-bond donors (Lipinski definition) is 1. The fraction of sp³-hybridized carbons (Fsp3) is 0.565. The first kappa shape index (κ1) is 19.9. The van der Waals surface area contributed by atoms with Crippen molar-refractivity contribution in [1.82, 2.24) is 9.97 Å². The number of hydrogen-bond acceptors (Lipinski definition) is 6. The summed E-state index contributed by atoms with van der Waals surface area (Å²) in [5, 5.41) is 10.8. The SMILES string of the molecule is O=[S@@]1CN(C2(CO)CCC2)c2nc(N3CC4CC(c5ccc(Cl)cc5)CC4C3)ncc21. The van der Waals surface area contributed by atoms with Crippen LogP contribution in [0.2, 0.25) is 5.02 Å². The van der Waals surface area contributed by atoms with Crippen molar-refractivity contribution in [3.05, 3.63) is 41.0 Å². The van der Waals surface area contributed by atoms with Gasteiger partial charge >= 0.3 is 0 Å². The van der Waals surface area contributed by atoms with Gasteiger partial charge in [-0.05, 0) is 67.6 Å². The minimum absolute atomic E-state index is 0.0862. The molecule has 2 unspecified atom stereocenters. The maximum atomic E-state index is 12.6. The molecule has 3 fully saturated rings. The lowest BCUT2D eigenvalue weighted by Gasteiger charge is -2.47. The van der Waals surface area contributed by atoms with Gasteiger partial charge in [-0.3, -0.25) is 4.21 Å². The fourth-order valence-electron chi connectivity index (χ4n) is 6.04. The van der Waals surface area contributed by atoms with Crippen molar-refractivity contribution in [3.8, 4) is 0 Å². The van der Waals surface area contributed by atoms with E-state index in [0.29, 0.717) is 28.5 Å². The molecule has 8 heteroatoms. The second-order valence-corrected chi connectivity index (χ2v) is 11.5. The number of aromatic nitrogens is 2. The predicted molar refractivity (Wildman–Crippen MR) is 122 cm³/mol. The highest BCUT2D eigenvalue weighted by atomic mass is 35.5. The molecule has 3 atom stereocenters. The average Bonchev–Trinajstić information content (AvgIpc) is 3.40. The van der Waals surface area contributed by atoms with E-state index in [1.807, 2.05) is 12.1 Å². The largest absolute Gasteiger partial charge is 0.394 e. The molecule has 6 nitrogen and oxygen atoms in total. The summed E-state index contributed by atoms with van der Waals surface area (Å²) >= 11 is 6.05. The second kappa shape index (κ2) is 7.42. The topological polar surface area (TPSA) is 69.6 Å². The highest BCUT2D eigenvalue weighted by molar-refractivity contribution is 7.85. The maximum absolute atomic E-state index is 12.6. The van der Waals surface area contributed by atoms with Crippen molar-refractivity contribution in [3.63, 3.8) is 0 Å². The van der Waals surface area contributed by atoms with Crippen LogP contribution in [0.4, 0.5) is 11.8 Å². The number of nitrogens with zero attached hydrogens (tertiary/aromatic N) is 4. The van der Waals surface area contributed by atoms with Gasteiger partial charge in [-0.25, -0.2) is 4.98 Å². The molecular formula is C23H27ClN4O2S. The van der Waals surface area contributed by atoms with Crippen LogP contribution in [0.1, 0.15) is 43.6 Å². The van der Waals surface area contributed by atoms with Crippen LogP contribution in [0.3, 0.4) is 0 Å². The van der Waals surface area contributed by atoms with E-state index in [1.54, 1.807) is 6.20 Å². The summed E-state index contributed by atoms with van der Waals surface area (Å²) in [4.78, 5) is 14.6. The number of aliphatic hydroxyl groups excluding tert-OH is 1. The average molecular weight is 459 g/mol. The van der Waals surface area contributed by atoms with Crippen LogP contribution in [0.25, 0.3) is 0 Å². The van der Waals surface area contributed by atoms with Crippen LogP contribution in [0.5, 0.6) is 0 Å². The number of fused-ring (bicyclic) bond motifs is 2. The van der Waals surface area contributed by atoms with Gasteiger partial charge in [-0.2, -0.15) is 4.98 Å². The van der Waals surface area contributed by atoms with Crippen molar-refractivity contribution in [2.75, 3.05) is 35.4 Å². The Morgan fingerprint density at radius 3 is 2.48 bits per heavy atom. The zero-order valence-electron chi connectivity index (χ0n) is 17.4. The third-order valence-corrected chi connectivity index (χ3v) is 9.52. The van der Waals surface area contributed by atoms with Gasteiger partial charge in [0.15, 0.2) is 5.82 Å². The molecule has 1 saturated heterocycles. The summed E-state index contributed by atoms with van der Waals surface area (Å²) in [6.07, 6.45) is 7.09. The molecule has 0 bridgehead atoms. The van der Waals surface area contributed by atoms with Gasteiger partial charge in [0.2, 0.25) is 5.95 Å². The van der Waals surface area contributed by atoms with Gasteiger partial charge < -0.3 is 14.9 Å². The normalized spacial score (nSPS) is 30.9. The Morgan fingerprint density at radius 2 is 1.87 bits per heavy atom. The standard InChI is InChI=1S/C23H27ClN4O2S/c24-19-4-2-15(3-5-19)16-8-17-11-27(12-18(17)9-16)22-25-10-20-21(26-22)28(14-31(20)30)23(13-29)6-1-7-23/h2-5,10,16-18,29H,1,6-9,11-14H2/t16?,17?,18?,31-/m1/s1. The Hall–Kier alpha value is -1.70. The van der Waals surface area contributed by atoms with Crippen LogP contribution in [0.15, 0.2) is 35.4 Å². The first-order valence-corrected chi connectivity index (χ1v) is 12.9. The van der Waals surface area contributed by atoms with Gasteiger partial charge in [-0.15, -0.1) is 0 Å². The van der Waals surface area contributed by atoms with Crippen molar-refractivity contribution in [2.24, 2.45) is 11.8 Å². The summed E-state index contributed by atoms with van der Waals surface area (Å²) in [7, 11) is -1.12. The van der Waals surface area contributed by atoms with E-state index >= 15 is 0 Å². The third kappa shape index (κ3) is 3.19. The summed E-state index contributed by atoms with van der Waals surface area (Å²) in [6, 6.07) is 8.32. The third-order valence-electron chi connectivity index (χ3n) is 8.00. The Balaban J connectivity index is 1.20. The van der Waals surface area contributed by atoms with Crippen molar-refractivity contribution < 1.29 is 9.32 Å². The summed E-state index contributed by atoms with van der Waals surface area (Å²) in [5.41, 5.74) is 1.10. The van der Waals surface area contributed by atoms with E-state index in [2.05, 4.69) is 26.9 Å². The Bertz CT molecular complexity index is 1010. The Kier molecular flexibility index (Phi) is 4.78. The van der Waals surface area contributed by atoms with E-state index in [-0.39, 0.29) is 12.1 Å². The number of halogens is 1. The molecular weight excluding hydrogens is 432 g/mol. The molecule has 31 heavy (non-hydrogen) atoms. The molecule has 2 saturated carbocycles. The zero-order chi connectivity index (χ0) is 21.2. The lowest BCUT2D eigenvalue weighted by Crippen LogP contribution is -2.56. The van der Waals surface area contributed by atoms with Crippen LogP contribution in [0, 0.1) is 11.8 Å². The molecule has 0 radical (unpaired) electrons. The van der Waals surface area contributed by atoms with E-state index in [1.165, 1.54) is 18.4 Å². The fourth-order valence-corrected chi connectivity index (χ4v) is 7.46. The minimum atomic E-state index is -1.12. The summed E-state index contributed by atoms with van der Waals surface area (Å²) < 4.78 is 12.6. The monoisotopic (exact) mass is 458 g/mol. The first-order chi connectivity index (χ1) is 15.1. The molecule has 0 amide bonds. The summed E-state index contributed by atoms with van der Waals surface area (Å²) in [5.74, 6) is 3.84. The Labute approximate surface area is 190 Å². The molecule has 2 aromatic rings. The van der Waals surface area contributed by atoms with Crippen molar-refractivity contribution in [1.29, 1.82) is 0 Å². The lowest BCUT2D eigenvalue weighted by molar-refractivity contribution is 0.119. The van der Waals surface area contributed by atoms with E-state index in [4.69, 9.17) is 16.6 Å². The second-order valence-electron chi connectivity index (χ2n) is 9.64. The molecule has 1 N–H and O–H groups in total. The van der Waals surface area contributed by atoms with Crippen LogP contribution in [-0.4, -0.2) is 50.4 Å². The lowest BCUT2D eigenvalue weighted by atomic mass is 9.76. The molecule has 2 aliphatic carbocycles. The highest BCUT2D eigenvalue weighted by Crippen LogP contribution is 2.48. The van der Waals surface area contributed by atoms with E-state index in [9.17, 15) is 9.32 Å². The number of rotatable bonds is 4. The van der Waals surface area contributed by atoms with E-state index in [0.717, 1.165) is 49.1 Å². The first-order valence-electron chi connectivity index (χ1n) is 11.2. The van der Waals surface area contributed by atoms with Crippen LogP contribution < -0.4 is 9.80 Å². The molecule has 0 spiro atoms. The molecule has 6 rings (SSSR count). The molecule has 2 aliphatic heterocycles. The molecule has 164 valence electrons. The van der Waals surface area contributed by atoms with Crippen molar-refractivity contribution >= 4 is 34.2 Å². The van der Waals surface area contributed by atoms with Crippen molar-refractivity contribution in [2.45, 2.75) is 48.5 Å². The van der Waals surface area contributed by atoms with Gasteiger partial charge in [0.1, 0.15) is 10.8 Å². The maximum Gasteiger partial charge on any atom is 0.227 e. The predicted octanol–water partition coefficient (Wildman–Crippen LogP) is 3.56.